The third-order valence-electron chi connectivity index (χ3n) is 3.45. The van der Waals surface area contributed by atoms with E-state index in [0.717, 1.165) is 18.4 Å². The molecule has 104 valence electrons. The summed E-state index contributed by atoms with van der Waals surface area (Å²) < 4.78 is 27.4. The first kappa shape index (κ1) is 14.0. The van der Waals surface area contributed by atoms with Gasteiger partial charge < -0.3 is 4.79 Å². The van der Waals surface area contributed by atoms with Crippen LogP contribution in [0.3, 0.4) is 0 Å². The van der Waals surface area contributed by atoms with E-state index in [1.807, 2.05) is 19.1 Å². The van der Waals surface area contributed by atoms with Crippen LogP contribution in [0.25, 0.3) is 0 Å². The predicted molar refractivity (Wildman–Crippen MR) is 74.2 cm³/mol. The van der Waals surface area contributed by atoms with Gasteiger partial charge in [0.05, 0.1) is 18.3 Å². The molecule has 19 heavy (non-hydrogen) atoms. The van der Waals surface area contributed by atoms with Gasteiger partial charge >= 0.3 is 10.2 Å². The van der Waals surface area contributed by atoms with Crippen molar-refractivity contribution in [1.29, 1.82) is 0 Å². The van der Waals surface area contributed by atoms with Crippen molar-refractivity contribution >= 4 is 22.2 Å². The summed E-state index contributed by atoms with van der Waals surface area (Å²) in [4.78, 5) is 10.8. The molecule has 0 radical (unpaired) electrons. The normalized spacial score (nSPS) is 22.0. The van der Waals surface area contributed by atoms with Gasteiger partial charge in [0.15, 0.2) is 0 Å². The highest BCUT2D eigenvalue weighted by molar-refractivity contribution is 7.90. The molecule has 1 aromatic rings. The Kier molecular flexibility index (Phi) is 3.91. The molecule has 0 aromatic heterocycles. The minimum absolute atomic E-state index is 0.150. The third-order valence-corrected chi connectivity index (χ3v) is 5.33. The second kappa shape index (κ2) is 5.30. The first-order valence-corrected chi connectivity index (χ1v) is 7.72. The standard InChI is InChI=1S/C13H18N2O3S/c1-3-6-12-11-7-4-5-8-13(11)15(9-10-16)19(17,18)14(12)2/h4-5,7-8,10,12H,3,6,9H2,1-2H3. The number of hydrogen-bond acceptors (Lipinski definition) is 3. The quantitative estimate of drug-likeness (QED) is 0.790. The Morgan fingerprint density at radius 3 is 2.63 bits per heavy atom. The van der Waals surface area contributed by atoms with E-state index in [2.05, 4.69) is 0 Å². The van der Waals surface area contributed by atoms with Gasteiger partial charge in [0.1, 0.15) is 6.29 Å². The largest absolute Gasteiger partial charge is 0.304 e. The average Bonchev–Trinajstić information content (AvgIpc) is 2.40. The highest BCUT2D eigenvalue weighted by atomic mass is 32.2. The summed E-state index contributed by atoms with van der Waals surface area (Å²) in [5.74, 6) is 0. The molecule has 0 aliphatic carbocycles. The minimum atomic E-state index is -3.61. The maximum Gasteiger partial charge on any atom is 0.304 e. The predicted octanol–water partition coefficient (Wildman–Crippen LogP) is 1.72. The van der Waals surface area contributed by atoms with Crippen molar-refractivity contribution in [3.63, 3.8) is 0 Å². The van der Waals surface area contributed by atoms with Crippen LogP contribution in [0, 0.1) is 0 Å². The Labute approximate surface area is 114 Å². The number of carbonyl (C=O) groups excluding carboxylic acids is 1. The Morgan fingerprint density at radius 2 is 2.00 bits per heavy atom. The summed E-state index contributed by atoms with van der Waals surface area (Å²) in [6.07, 6.45) is 2.27. The van der Waals surface area contributed by atoms with E-state index in [0.29, 0.717) is 12.0 Å². The second-order valence-corrected chi connectivity index (χ2v) is 6.50. The number of hydrogen-bond donors (Lipinski definition) is 0. The lowest BCUT2D eigenvalue weighted by molar-refractivity contribution is -0.106. The zero-order valence-electron chi connectivity index (χ0n) is 11.1. The number of fused-ring (bicyclic) bond motifs is 1. The summed E-state index contributed by atoms with van der Waals surface area (Å²) in [5, 5.41) is 0. The van der Waals surface area contributed by atoms with Gasteiger partial charge in [0.2, 0.25) is 0 Å². The van der Waals surface area contributed by atoms with E-state index >= 15 is 0 Å². The third kappa shape index (κ3) is 2.26. The first-order chi connectivity index (χ1) is 9.04. The number of nitrogens with zero attached hydrogens (tertiary/aromatic N) is 2. The maximum absolute atomic E-state index is 12.4. The molecule has 0 saturated carbocycles. The monoisotopic (exact) mass is 282 g/mol. The summed E-state index contributed by atoms with van der Waals surface area (Å²) in [6, 6.07) is 7.21. The second-order valence-electron chi connectivity index (χ2n) is 4.59. The van der Waals surface area contributed by atoms with Crippen LogP contribution >= 0.6 is 0 Å². The molecule has 0 amide bonds. The van der Waals surface area contributed by atoms with E-state index in [9.17, 15) is 13.2 Å². The van der Waals surface area contributed by atoms with Crippen molar-refractivity contribution < 1.29 is 13.2 Å². The Hall–Kier alpha value is -1.40. The molecule has 1 aliphatic heterocycles. The fourth-order valence-electron chi connectivity index (χ4n) is 2.50. The molecule has 2 rings (SSSR count). The van der Waals surface area contributed by atoms with Crippen LogP contribution in [0.15, 0.2) is 24.3 Å². The van der Waals surface area contributed by atoms with Gasteiger partial charge in [-0.05, 0) is 18.1 Å². The molecule has 1 heterocycles. The van der Waals surface area contributed by atoms with Crippen LogP contribution in [0.2, 0.25) is 0 Å². The van der Waals surface area contributed by atoms with Gasteiger partial charge in [-0.15, -0.1) is 0 Å². The highest BCUT2D eigenvalue weighted by Crippen LogP contribution is 2.40. The van der Waals surface area contributed by atoms with Gasteiger partial charge in [-0.1, -0.05) is 31.5 Å². The minimum Gasteiger partial charge on any atom is -0.301 e. The van der Waals surface area contributed by atoms with Crippen LogP contribution in [0.5, 0.6) is 0 Å². The number of carbonyl (C=O) groups is 1. The van der Waals surface area contributed by atoms with Gasteiger partial charge in [-0.25, -0.2) is 0 Å². The Bertz CT molecular complexity index is 571. The number of anilines is 1. The molecule has 0 saturated heterocycles. The molecular formula is C13H18N2O3S. The lowest BCUT2D eigenvalue weighted by Crippen LogP contribution is -2.48. The zero-order chi connectivity index (χ0) is 14.0. The summed E-state index contributed by atoms with van der Waals surface area (Å²) >= 11 is 0. The summed E-state index contributed by atoms with van der Waals surface area (Å²) in [6.45, 7) is 1.88. The van der Waals surface area contributed by atoms with E-state index in [1.54, 1.807) is 19.2 Å². The zero-order valence-corrected chi connectivity index (χ0v) is 11.9. The Morgan fingerprint density at radius 1 is 1.32 bits per heavy atom. The van der Waals surface area contributed by atoms with Crippen molar-refractivity contribution in [2.45, 2.75) is 25.8 Å². The lowest BCUT2D eigenvalue weighted by atomic mass is 10.0. The van der Waals surface area contributed by atoms with E-state index in [1.165, 1.54) is 8.61 Å². The summed E-state index contributed by atoms with van der Waals surface area (Å²) in [7, 11) is -2.04. The molecule has 1 aliphatic rings. The smallest absolute Gasteiger partial charge is 0.301 e. The average molecular weight is 282 g/mol. The van der Waals surface area contributed by atoms with Crippen molar-refractivity contribution in [3.05, 3.63) is 29.8 Å². The van der Waals surface area contributed by atoms with Gasteiger partial charge in [0.25, 0.3) is 0 Å². The number of rotatable bonds is 4. The van der Waals surface area contributed by atoms with Crippen LogP contribution in [-0.4, -0.2) is 32.6 Å². The van der Waals surface area contributed by atoms with E-state index < -0.39 is 10.2 Å². The molecule has 0 N–H and O–H groups in total. The van der Waals surface area contributed by atoms with Crippen LogP contribution in [-0.2, 0) is 15.0 Å². The molecule has 0 bridgehead atoms. The van der Waals surface area contributed by atoms with Crippen molar-refractivity contribution in [3.8, 4) is 0 Å². The van der Waals surface area contributed by atoms with Gasteiger partial charge in [0, 0.05) is 7.05 Å². The fourth-order valence-corrected chi connectivity index (χ4v) is 4.02. The number of para-hydroxylation sites is 1. The van der Waals surface area contributed by atoms with Gasteiger partial charge in [-0.2, -0.15) is 12.7 Å². The van der Waals surface area contributed by atoms with E-state index in [-0.39, 0.29) is 12.6 Å². The first-order valence-electron chi connectivity index (χ1n) is 6.32. The van der Waals surface area contributed by atoms with Crippen molar-refractivity contribution in [2.24, 2.45) is 0 Å². The topological polar surface area (TPSA) is 57.7 Å². The van der Waals surface area contributed by atoms with Crippen molar-refractivity contribution in [2.75, 3.05) is 17.9 Å². The molecule has 1 unspecified atom stereocenters. The molecule has 5 nitrogen and oxygen atoms in total. The SMILES string of the molecule is CCCC1c2ccccc2N(CC=O)S(=O)(=O)N1C. The highest BCUT2D eigenvalue weighted by Gasteiger charge is 2.39. The molecule has 1 atom stereocenters. The summed E-state index contributed by atoms with van der Waals surface area (Å²) in [5.41, 5.74) is 1.58. The molecule has 1 aromatic carbocycles. The lowest BCUT2D eigenvalue weighted by Gasteiger charge is -2.40. The van der Waals surface area contributed by atoms with Gasteiger partial charge in [-0.3, -0.25) is 4.31 Å². The van der Waals surface area contributed by atoms with Crippen LogP contribution in [0.4, 0.5) is 5.69 Å². The molecular weight excluding hydrogens is 264 g/mol. The van der Waals surface area contributed by atoms with Crippen molar-refractivity contribution in [1.82, 2.24) is 4.31 Å². The molecule has 6 heteroatoms. The molecule has 0 fully saturated rings. The molecule has 0 spiro atoms. The Balaban J connectivity index is 2.60. The van der Waals surface area contributed by atoms with E-state index in [4.69, 9.17) is 0 Å². The number of benzene rings is 1. The van der Waals surface area contributed by atoms with Crippen LogP contribution in [0.1, 0.15) is 31.4 Å². The van der Waals surface area contributed by atoms with Crippen LogP contribution < -0.4 is 4.31 Å². The number of aldehydes is 1. The maximum atomic E-state index is 12.4. The fraction of sp³-hybridized carbons (Fsp3) is 0.462.